The summed E-state index contributed by atoms with van der Waals surface area (Å²) in [5, 5.41) is 65.8. The Hall–Kier alpha value is -11.5. The Morgan fingerprint density at radius 2 is 0.692 bits per heavy atom. The van der Waals surface area contributed by atoms with E-state index in [0.29, 0.717) is 94.2 Å². The number of rotatable bonds is 7. The van der Waals surface area contributed by atoms with Crippen molar-refractivity contribution in [3.05, 3.63) is 239 Å². The van der Waals surface area contributed by atoms with E-state index in [1.807, 2.05) is 137 Å². The van der Waals surface area contributed by atoms with Crippen LogP contribution in [0.3, 0.4) is 0 Å². The maximum absolute atomic E-state index is 14.9. The Balaban J connectivity index is 1.22. The molecule has 0 atom stereocenters. The van der Waals surface area contributed by atoms with Crippen LogP contribution >= 0.6 is 0 Å². The number of aromatic nitrogens is 2. The topological polar surface area (TPSA) is 153 Å². The number of nitriles is 6. The van der Waals surface area contributed by atoms with Gasteiger partial charge in [0.25, 0.3) is 0 Å². The summed E-state index contributed by atoms with van der Waals surface area (Å²) in [5.41, 5.74) is 9.68. The standard InChI is InChI=1S/C67H33F3N8/c68-67(69,70)50-28-40(34-71)27-49(29-50)55-21-26-65(77-61-22-17-41(51-13-5-1-9-45(51)35-72)30-56(61)57-31-42(18-23-62(57)77)52-14-6-2-10-46(52)36-73)60(39-76)66(55)78-63-24-19-43(53-15-7-3-11-47(53)37-74)32-58(63)59-33-44(20-25-64(59)78)54-16-8-4-12-48(54)38-75/h1-33H. The van der Waals surface area contributed by atoms with Gasteiger partial charge in [-0.05, 0) is 147 Å². The van der Waals surface area contributed by atoms with E-state index in [4.69, 9.17) is 0 Å². The number of halogens is 3. The lowest BCUT2D eigenvalue weighted by atomic mass is 9.95. The summed E-state index contributed by atoms with van der Waals surface area (Å²) in [4.78, 5) is 0. The van der Waals surface area contributed by atoms with E-state index in [1.165, 1.54) is 6.07 Å². The highest BCUT2D eigenvalue weighted by Gasteiger charge is 2.33. The molecule has 0 radical (unpaired) electrons. The van der Waals surface area contributed by atoms with Crippen molar-refractivity contribution < 1.29 is 13.2 Å². The SMILES string of the molecule is N#Cc1cc(-c2ccc(-n3c4ccc(-c5ccccc5C#N)cc4c4cc(-c5ccccc5C#N)ccc43)c(C#N)c2-n2c3ccc(-c4ccccc4C#N)cc3c3cc(-c4ccccc4C#N)ccc32)cc(C(F)(F)F)c1. The van der Waals surface area contributed by atoms with Crippen molar-refractivity contribution >= 4 is 43.6 Å². The molecule has 0 unspecified atom stereocenters. The second-order valence-corrected chi connectivity index (χ2v) is 18.6. The van der Waals surface area contributed by atoms with E-state index < -0.39 is 11.7 Å². The van der Waals surface area contributed by atoms with Gasteiger partial charge in [0.05, 0.1) is 97.2 Å². The van der Waals surface area contributed by atoms with E-state index in [9.17, 15) is 44.7 Å². The Kier molecular flexibility index (Phi) is 11.4. The fourth-order valence-corrected chi connectivity index (χ4v) is 10.9. The highest BCUT2D eigenvalue weighted by Crippen LogP contribution is 2.46. The van der Waals surface area contributed by atoms with Crippen LogP contribution in [0.4, 0.5) is 13.2 Å². The minimum absolute atomic E-state index is 0.0392. The molecule has 0 aliphatic carbocycles. The molecule has 0 N–H and O–H groups in total. The lowest BCUT2D eigenvalue weighted by molar-refractivity contribution is -0.137. The van der Waals surface area contributed by atoms with Crippen molar-refractivity contribution in [3.8, 4) is 103 Å². The van der Waals surface area contributed by atoms with E-state index in [2.05, 4.69) is 30.3 Å². The third-order valence-corrected chi connectivity index (χ3v) is 14.4. The monoisotopic (exact) mass is 1010 g/mol. The number of hydrogen-bond donors (Lipinski definition) is 0. The van der Waals surface area contributed by atoms with E-state index in [-0.39, 0.29) is 27.9 Å². The van der Waals surface area contributed by atoms with Crippen LogP contribution in [-0.4, -0.2) is 9.13 Å². The van der Waals surface area contributed by atoms with Crippen molar-refractivity contribution in [2.24, 2.45) is 0 Å². The molecule has 0 aliphatic rings. The molecule has 362 valence electrons. The van der Waals surface area contributed by atoms with Gasteiger partial charge in [0.2, 0.25) is 0 Å². The predicted octanol–water partition coefficient (Wildman–Crippen LogP) is 16.5. The van der Waals surface area contributed by atoms with Crippen LogP contribution in [0.1, 0.15) is 38.9 Å². The third kappa shape index (κ3) is 7.73. The van der Waals surface area contributed by atoms with Crippen molar-refractivity contribution in [3.63, 3.8) is 0 Å². The van der Waals surface area contributed by atoms with E-state index in [1.54, 1.807) is 60.7 Å². The molecule has 0 spiro atoms. The minimum atomic E-state index is -4.83. The quantitative estimate of drug-likeness (QED) is 0.155. The molecule has 78 heavy (non-hydrogen) atoms. The van der Waals surface area contributed by atoms with Crippen LogP contribution < -0.4 is 0 Å². The van der Waals surface area contributed by atoms with Crippen LogP contribution in [0.25, 0.3) is 111 Å². The first-order chi connectivity index (χ1) is 38.0. The van der Waals surface area contributed by atoms with Gasteiger partial charge >= 0.3 is 6.18 Å². The zero-order valence-electron chi connectivity index (χ0n) is 40.8. The Morgan fingerprint density at radius 3 is 1.04 bits per heavy atom. The zero-order chi connectivity index (χ0) is 53.8. The maximum Gasteiger partial charge on any atom is 0.416 e. The summed E-state index contributed by atoms with van der Waals surface area (Å²) >= 11 is 0. The molecule has 0 amide bonds. The highest BCUT2D eigenvalue weighted by molar-refractivity contribution is 6.14. The molecule has 0 saturated carbocycles. The fraction of sp³-hybridized carbons (Fsp3) is 0.0149. The van der Waals surface area contributed by atoms with Crippen LogP contribution in [0.2, 0.25) is 0 Å². The van der Waals surface area contributed by atoms with Gasteiger partial charge in [0.1, 0.15) is 11.6 Å². The number of nitrogens with zero attached hydrogens (tertiary/aromatic N) is 8. The summed E-state index contributed by atoms with van der Waals surface area (Å²) < 4.78 is 48.4. The van der Waals surface area contributed by atoms with E-state index >= 15 is 0 Å². The van der Waals surface area contributed by atoms with Gasteiger partial charge in [0.15, 0.2) is 0 Å². The molecule has 11 heteroatoms. The number of fused-ring (bicyclic) bond motifs is 6. The van der Waals surface area contributed by atoms with Crippen LogP contribution in [0, 0.1) is 68.0 Å². The fourth-order valence-electron chi connectivity index (χ4n) is 10.9. The Morgan fingerprint density at radius 1 is 0.321 bits per heavy atom. The zero-order valence-corrected chi connectivity index (χ0v) is 40.8. The minimum Gasteiger partial charge on any atom is -0.308 e. The van der Waals surface area contributed by atoms with Gasteiger partial charge in [-0.2, -0.15) is 44.7 Å². The molecular formula is C67H33F3N8. The molecule has 0 fully saturated rings. The van der Waals surface area contributed by atoms with Crippen molar-refractivity contribution in [1.29, 1.82) is 31.6 Å². The normalized spacial score (nSPS) is 11.2. The molecule has 0 bridgehead atoms. The smallest absolute Gasteiger partial charge is 0.308 e. The first kappa shape index (κ1) is 47.5. The van der Waals surface area contributed by atoms with Crippen LogP contribution in [0.5, 0.6) is 0 Å². The Bertz CT molecular complexity index is 4590. The second-order valence-electron chi connectivity index (χ2n) is 18.6. The largest absolute Gasteiger partial charge is 0.416 e. The predicted molar refractivity (Wildman–Crippen MR) is 296 cm³/mol. The molecule has 8 nitrogen and oxygen atoms in total. The first-order valence-corrected chi connectivity index (χ1v) is 24.4. The summed E-state index contributed by atoms with van der Waals surface area (Å²) in [6.07, 6.45) is -4.83. The molecule has 0 saturated heterocycles. The molecule has 10 aromatic carbocycles. The van der Waals surface area contributed by atoms with E-state index in [0.717, 1.165) is 34.0 Å². The summed E-state index contributed by atoms with van der Waals surface area (Å²) in [5.74, 6) is 0. The number of alkyl halides is 3. The summed E-state index contributed by atoms with van der Waals surface area (Å²) in [6.45, 7) is 0. The number of benzene rings is 10. The van der Waals surface area contributed by atoms with Gasteiger partial charge < -0.3 is 9.13 Å². The van der Waals surface area contributed by atoms with Crippen LogP contribution in [0.15, 0.2) is 200 Å². The van der Waals surface area contributed by atoms with Crippen molar-refractivity contribution in [2.75, 3.05) is 0 Å². The van der Waals surface area contributed by atoms with Gasteiger partial charge in [-0.15, -0.1) is 0 Å². The second kappa shape index (κ2) is 18.8. The lowest BCUT2D eigenvalue weighted by Crippen LogP contribution is -2.08. The van der Waals surface area contributed by atoms with Gasteiger partial charge in [0, 0.05) is 27.1 Å². The molecular weight excluding hydrogens is 974 g/mol. The number of hydrogen-bond acceptors (Lipinski definition) is 6. The molecule has 2 heterocycles. The molecule has 0 aliphatic heterocycles. The lowest BCUT2D eigenvalue weighted by Gasteiger charge is -2.21. The molecule has 12 rings (SSSR count). The van der Waals surface area contributed by atoms with Gasteiger partial charge in [-0.25, -0.2) is 0 Å². The summed E-state index contributed by atoms with van der Waals surface area (Å²) in [6, 6.07) is 72.2. The van der Waals surface area contributed by atoms with Crippen molar-refractivity contribution in [2.45, 2.75) is 6.18 Å². The molecule has 12 aromatic rings. The molecule has 2 aromatic heterocycles. The highest BCUT2D eigenvalue weighted by atomic mass is 19.4. The average Bonchev–Trinajstić information content (AvgIpc) is 4.15. The third-order valence-electron chi connectivity index (χ3n) is 14.4. The van der Waals surface area contributed by atoms with Gasteiger partial charge in [-0.3, -0.25) is 0 Å². The maximum atomic E-state index is 14.9. The van der Waals surface area contributed by atoms with Gasteiger partial charge in [-0.1, -0.05) is 103 Å². The van der Waals surface area contributed by atoms with Crippen molar-refractivity contribution in [1.82, 2.24) is 9.13 Å². The summed E-state index contributed by atoms with van der Waals surface area (Å²) in [7, 11) is 0. The Labute approximate surface area is 444 Å². The first-order valence-electron chi connectivity index (χ1n) is 24.4. The average molecular weight is 1010 g/mol. The van der Waals surface area contributed by atoms with Crippen LogP contribution in [-0.2, 0) is 6.18 Å².